The van der Waals surface area contributed by atoms with Crippen molar-refractivity contribution in [2.24, 2.45) is 5.73 Å². The standard InChI is InChI=1S/C13H23N3/c1-2-3-4-5-13(10-14)16-11-12-6-8-15-9-7-12/h6-9,13,16H,2-5,10-11,14H2,1H3. The van der Waals surface area contributed by atoms with Crippen LogP contribution in [0.15, 0.2) is 24.5 Å². The Morgan fingerprint density at radius 2 is 2.06 bits per heavy atom. The van der Waals surface area contributed by atoms with Crippen LogP contribution in [0, 0.1) is 0 Å². The first-order valence-corrected chi connectivity index (χ1v) is 6.19. The summed E-state index contributed by atoms with van der Waals surface area (Å²) in [6, 6.07) is 4.51. The monoisotopic (exact) mass is 221 g/mol. The molecule has 0 spiro atoms. The number of nitrogens with zero attached hydrogens (tertiary/aromatic N) is 1. The van der Waals surface area contributed by atoms with E-state index in [0.717, 1.165) is 13.1 Å². The van der Waals surface area contributed by atoms with Gasteiger partial charge in [-0.1, -0.05) is 26.2 Å². The van der Waals surface area contributed by atoms with E-state index in [1.165, 1.54) is 31.2 Å². The van der Waals surface area contributed by atoms with Gasteiger partial charge in [-0.05, 0) is 24.1 Å². The fraction of sp³-hybridized carbons (Fsp3) is 0.615. The van der Waals surface area contributed by atoms with Crippen molar-refractivity contribution in [2.45, 2.75) is 45.2 Å². The largest absolute Gasteiger partial charge is 0.329 e. The molecule has 3 heteroatoms. The molecule has 3 N–H and O–H groups in total. The highest BCUT2D eigenvalue weighted by Crippen LogP contribution is 2.04. The molecule has 3 nitrogen and oxygen atoms in total. The fourth-order valence-corrected chi connectivity index (χ4v) is 1.71. The molecule has 1 unspecified atom stereocenters. The van der Waals surface area contributed by atoms with Crippen LogP contribution in [0.2, 0.25) is 0 Å². The average Bonchev–Trinajstić information content (AvgIpc) is 2.35. The Morgan fingerprint density at radius 1 is 1.31 bits per heavy atom. The van der Waals surface area contributed by atoms with E-state index in [1.807, 2.05) is 24.5 Å². The fourth-order valence-electron chi connectivity index (χ4n) is 1.71. The lowest BCUT2D eigenvalue weighted by atomic mass is 10.1. The summed E-state index contributed by atoms with van der Waals surface area (Å²) in [7, 11) is 0. The third-order valence-electron chi connectivity index (χ3n) is 2.78. The molecule has 0 radical (unpaired) electrons. The molecule has 0 saturated heterocycles. The molecule has 0 aliphatic rings. The third kappa shape index (κ3) is 5.24. The Balaban J connectivity index is 2.23. The predicted octanol–water partition coefficient (Wildman–Crippen LogP) is 2.08. The molecule has 1 heterocycles. The van der Waals surface area contributed by atoms with Crippen LogP contribution in [0.5, 0.6) is 0 Å². The summed E-state index contributed by atoms with van der Waals surface area (Å²) in [4.78, 5) is 4.00. The van der Waals surface area contributed by atoms with Gasteiger partial charge in [0.05, 0.1) is 0 Å². The topological polar surface area (TPSA) is 50.9 Å². The van der Waals surface area contributed by atoms with Gasteiger partial charge in [0.1, 0.15) is 0 Å². The van der Waals surface area contributed by atoms with Crippen molar-refractivity contribution in [2.75, 3.05) is 6.54 Å². The van der Waals surface area contributed by atoms with Gasteiger partial charge in [0.15, 0.2) is 0 Å². The van der Waals surface area contributed by atoms with Crippen molar-refractivity contribution in [3.63, 3.8) is 0 Å². The van der Waals surface area contributed by atoms with E-state index in [9.17, 15) is 0 Å². The maximum absolute atomic E-state index is 5.74. The van der Waals surface area contributed by atoms with Crippen molar-refractivity contribution >= 4 is 0 Å². The summed E-state index contributed by atoms with van der Waals surface area (Å²) in [5.41, 5.74) is 7.01. The summed E-state index contributed by atoms with van der Waals surface area (Å²) >= 11 is 0. The number of hydrogen-bond acceptors (Lipinski definition) is 3. The second-order valence-corrected chi connectivity index (χ2v) is 4.16. The van der Waals surface area contributed by atoms with Gasteiger partial charge in [-0.25, -0.2) is 0 Å². The van der Waals surface area contributed by atoms with Crippen LogP contribution >= 0.6 is 0 Å². The molecule has 1 aromatic rings. The van der Waals surface area contributed by atoms with Crippen LogP contribution in [0.1, 0.15) is 38.2 Å². The second kappa shape index (κ2) is 8.25. The van der Waals surface area contributed by atoms with E-state index >= 15 is 0 Å². The number of nitrogens with two attached hydrogens (primary N) is 1. The highest BCUT2D eigenvalue weighted by atomic mass is 14.9. The van der Waals surface area contributed by atoms with Crippen molar-refractivity contribution < 1.29 is 0 Å². The van der Waals surface area contributed by atoms with Crippen molar-refractivity contribution in [3.05, 3.63) is 30.1 Å². The average molecular weight is 221 g/mol. The van der Waals surface area contributed by atoms with Gasteiger partial charge < -0.3 is 11.1 Å². The molecule has 0 saturated carbocycles. The Bertz CT molecular complexity index is 261. The molecule has 1 atom stereocenters. The van der Waals surface area contributed by atoms with Gasteiger partial charge in [-0.2, -0.15) is 0 Å². The normalized spacial score (nSPS) is 12.6. The SMILES string of the molecule is CCCCCC(CN)NCc1ccncc1. The number of hydrogen-bond donors (Lipinski definition) is 2. The molecule has 0 aliphatic heterocycles. The smallest absolute Gasteiger partial charge is 0.0271 e. The highest BCUT2D eigenvalue weighted by Gasteiger charge is 2.04. The quantitative estimate of drug-likeness (QED) is 0.661. The number of pyridine rings is 1. The number of rotatable bonds is 8. The molecular weight excluding hydrogens is 198 g/mol. The van der Waals surface area contributed by atoms with Crippen molar-refractivity contribution in [1.82, 2.24) is 10.3 Å². The zero-order chi connectivity index (χ0) is 11.6. The Kier molecular flexibility index (Phi) is 6.77. The van der Waals surface area contributed by atoms with E-state index in [0.29, 0.717) is 6.04 Å². The van der Waals surface area contributed by atoms with Gasteiger partial charge in [0.2, 0.25) is 0 Å². The van der Waals surface area contributed by atoms with E-state index in [-0.39, 0.29) is 0 Å². The number of aromatic nitrogens is 1. The lowest BCUT2D eigenvalue weighted by molar-refractivity contribution is 0.464. The summed E-state index contributed by atoms with van der Waals surface area (Å²) in [5.74, 6) is 0. The second-order valence-electron chi connectivity index (χ2n) is 4.16. The minimum Gasteiger partial charge on any atom is -0.329 e. The molecule has 0 aliphatic carbocycles. The minimum absolute atomic E-state index is 0.444. The first kappa shape index (κ1) is 13.1. The van der Waals surface area contributed by atoms with Gasteiger partial charge in [0, 0.05) is 31.5 Å². The molecule has 1 rings (SSSR count). The van der Waals surface area contributed by atoms with Crippen LogP contribution in [0.3, 0.4) is 0 Å². The molecule has 0 bridgehead atoms. The van der Waals surface area contributed by atoms with Crippen LogP contribution < -0.4 is 11.1 Å². The predicted molar refractivity (Wildman–Crippen MR) is 68.1 cm³/mol. The summed E-state index contributed by atoms with van der Waals surface area (Å²) < 4.78 is 0. The Labute approximate surface area is 98.5 Å². The van der Waals surface area contributed by atoms with Gasteiger partial charge in [-0.3, -0.25) is 4.98 Å². The Morgan fingerprint density at radius 3 is 2.69 bits per heavy atom. The van der Waals surface area contributed by atoms with E-state index < -0.39 is 0 Å². The van der Waals surface area contributed by atoms with Crippen LogP contribution in [-0.2, 0) is 6.54 Å². The highest BCUT2D eigenvalue weighted by molar-refractivity contribution is 5.09. The maximum atomic E-state index is 5.74. The van der Waals surface area contributed by atoms with E-state index in [2.05, 4.69) is 17.2 Å². The summed E-state index contributed by atoms with van der Waals surface area (Å²) in [6.07, 6.45) is 8.66. The first-order chi connectivity index (χ1) is 7.86. The molecule has 16 heavy (non-hydrogen) atoms. The lowest BCUT2D eigenvalue weighted by Gasteiger charge is -2.16. The van der Waals surface area contributed by atoms with Gasteiger partial charge >= 0.3 is 0 Å². The summed E-state index contributed by atoms with van der Waals surface area (Å²) in [6.45, 7) is 3.83. The number of nitrogens with one attached hydrogen (secondary N) is 1. The minimum atomic E-state index is 0.444. The van der Waals surface area contributed by atoms with Crippen LogP contribution in [0.4, 0.5) is 0 Å². The van der Waals surface area contributed by atoms with E-state index in [1.54, 1.807) is 0 Å². The number of unbranched alkanes of at least 4 members (excludes halogenated alkanes) is 2. The molecule has 90 valence electrons. The molecule has 0 fully saturated rings. The van der Waals surface area contributed by atoms with Gasteiger partial charge in [-0.15, -0.1) is 0 Å². The zero-order valence-corrected chi connectivity index (χ0v) is 10.2. The third-order valence-corrected chi connectivity index (χ3v) is 2.78. The van der Waals surface area contributed by atoms with Crippen molar-refractivity contribution in [3.8, 4) is 0 Å². The van der Waals surface area contributed by atoms with E-state index in [4.69, 9.17) is 5.73 Å². The molecule has 1 aromatic heterocycles. The molecule has 0 aromatic carbocycles. The zero-order valence-electron chi connectivity index (χ0n) is 10.2. The maximum Gasteiger partial charge on any atom is 0.0271 e. The van der Waals surface area contributed by atoms with Crippen LogP contribution in [0.25, 0.3) is 0 Å². The first-order valence-electron chi connectivity index (χ1n) is 6.19. The molecule has 0 amide bonds. The lowest BCUT2D eigenvalue weighted by Crippen LogP contribution is -2.35. The Hall–Kier alpha value is -0.930. The molecular formula is C13H23N3. The summed E-state index contributed by atoms with van der Waals surface area (Å²) in [5, 5.41) is 3.49. The van der Waals surface area contributed by atoms with Crippen molar-refractivity contribution in [1.29, 1.82) is 0 Å². The van der Waals surface area contributed by atoms with Gasteiger partial charge in [0.25, 0.3) is 0 Å². The van der Waals surface area contributed by atoms with Crippen LogP contribution in [-0.4, -0.2) is 17.6 Å².